The predicted molar refractivity (Wildman–Crippen MR) is 159 cm³/mol. The van der Waals surface area contributed by atoms with E-state index < -0.39 is 0 Å². The van der Waals surface area contributed by atoms with Crippen molar-refractivity contribution in [3.05, 3.63) is 89.3 Å². The molecule has 4 N–H and O–H groups in total. The van der Waals surface area contributed by atoms with Crippen LogP contribution in [-0.4, -0.2) is 24.9 Å². The van der Waals surface area contributed by atoms with Crippen molar-refractivity contribution in [2.24, 2.45) is 0 Å². The number of imidazole rings is 1. The van der Waals surface area contributed by atoms with Gasteiger partial charge in [0.1, 0.15) is 18.0 Å². The smallest absolute Gasteiger partial charge is 0.164 e. The highest BCUT2D eigenvalue weighted by atomic mass is 79.9. The van der Waals surface area contributed by atoms with Crippen LogP contribution in [0.1, 0.15) is 25.5 Å². The van der Waals surface area contributed by atoms with E-state index in [1.165, 1.54) is 0 Å². The zero-order chi connectivity index (χ0) is 26.2. The molecule has 0 aliphatic rings. The highest BCUT2D eigenvalue weighted by Gasteiger charge is 2.14. The lowest BCUT2D eigenvalue weighted by Gasteiger charge is -2.14. The fourth-order valence-corrected chi connectivity index (χ4v) is 5.39. The fraction of sp³-hybridized carbons (Fsp3) is 0.103. The van der Waals surface area contributed by atoms with Crippen LogP contribution in [-0.2, 0) is 0 Å². The molecule has 3 heterocycles. The summed E-state index contributed by atoms with van der Waals surface area (Å²) in [6, 6.07) is 24.2. The monoisotopic (exact) mass is 581 g/mol. The lowest BCUT2D eigenvalue weighted by molar-refractivity contribution is 0.827. The number of H-pyrrole nitrogens is 1. The molecule has 0 radical (unpaired) electrons. The van der Waals surface area contributed by atoms with Gasteiger partial charge in [-0.3, -0.25) is 0 Å². The number of aromatic nitrogens is 5. The molecule has 188 valence electrons. The van der Waals surface area contributed by atoms with Crippen LogP contribution in [0.2, 0.25) is 0 Å². The Hall–Kier alpha value is -3.95. The lowest BCUT2D eigenvalue weighted by atomic mass is 10.1. The van der Waals surface area contributed by atoms with Crippen LogP contribution in [0.5, 0.6) is 0 Å². The van der Waals surface area contributed by atoms with Crippen LogP contribution in [0.4, 0.5) is 17.2 Å². The first-order valence-electron chi connectivity index (χ1n) is 12.1. The number of aromatic amines is 1. The van der Waals surface area contributed by atoms with Crippen molar-refractivity contribution in [2.75, 3.05) is 11.1 Å². The molecule has 0 aliphatic heterocycles. The molecule has 7 nitrogen and oxygen atoms in total. The molecule has 0 unspecified atom stereocenters. The van der Waals surface area contributed by atoms with Crippen LogP contribution >= 0.6 is 27.7 Å². The van der Waals surface area contributed by atoms with E-state index in [2.05, 4.69) is 68.2 Å². The number of nitrogens with two attached hydrogens (primary N) is 1. The van der Waals surface area contributed by atoms with E-state index in [0.29, 0.717) is 17.4 Å². The van der Waals surface area contributed by atoms with Gasteiger partial charge in [-0.15, -0.1) is 0 Å². The normalized spacial score (nSPS) is 11.5. The number of rotatable bonds is 6. The molecule has 0 saturated heterocycles. The first-order valence-corrected chi connectivity index (χ1v) is 13.8. The van der Waals surface area contributed by atoms with E-state index >= 15 is 0 Å². The van der Waals surface area contributed by atoms with Gasteiger partial charge in [-0.1, -0.05) is 41.5 Å². The summed E-state index contributed by atoms with van der Waals surface area (Å²) in [5, 5.41) is 4.42. The van der Waals surface area contributed by atoms with Gasteiger partial charge in [0, 0.05) is 31.2 Å². The second-order valence-corrected chi connectivity index (χ2v) is 11.3. The van der Waals surface area contributed by atoms with Crippen molar-refractivity contribution in [2.45, 2.75) is 29.6 Å². The molecule has 3 aromatic carbocycles. The lowest BCUT2D eigenvalue weighted by Crippen LogP contribution is -2.01. The van der Waals surface area contributed by atoms with Gasteiger partial charge in [0.15, 0.2) is 5.65 Å². The van der Waals surface area contributed by atoms with Crippen LogP contribution in [0.15, 0.2) is 93.4 Å². The molecule has 0 spiro atoms. The molecule has 0 fully saturated rings. The minimum absolute atomic E-state index is 0.315. The highest BCUT2D eigenvalue weighted by molar-refractivity contribution is 9.10. The molecule has 0 saturated carbocycles. The number of pyridine rings is 1. The Morgan fingerprint density at radius 3 is 2.58 bits per heavy atom. The first-order chi connectivity index (χ1) is 18.4. The van der Waals surface area contributed by atoms with E-state index in [4.69, 9.17) is 15.7 Å². The van der Waals surface area contributed by atoms with Crippen molar-refractivity contribution < 1.29 is 0 Å². The van der Waals surface area contributed by atoms with E-state index in [1.54, 1.807) is 18.1 Å². The molecule has 9 heteroatoms. The van der Waals surface area contributed by atoms with Crippen molar-refractivity contribution in [1.29, 1.82) is 0 Å². The first kappa shape index (κ1) is 24.4. The Kier molecular flexibility index (Phi) is 6.47. The molecular formula is C29H24BrN7S. The second kappa shape index (κ2) is 10.1. The van der Waals surface area contributed by atoms with Gasteiger partial charge in [0.2, 0.25) is 0 Å². The van der Waals surface area contributed by atoms with Crippen LogP contribution in [0.3, 0.4) is 0 Å². The number of nitrogens with one attached hydrogen (secondary N) is 2. The average molecular weight is 583 g/mol. The maximum atomic E-state index is 5.90. The maximum absolute atomic E-state index is 5.90. The largest absolute Gasteiger partial charge is 0.399 e. The third-order valence-corrected chi connectivity index (χ3v) is 7.75. The Morgan fingerprint density at radius 2 is 1.76 bits per heavy atom. The highest BCUT2D eigenvalue weighted by Crippen LogP contribution is 2.38. The van der Waals surface area contributed by atoms with Crippen LogP contribution in [0, 0.1) is 0 Å². The van der Waals surface area contributed by atoms with E-state index in [-0.39, 0.29) is 0 Å². The Balaban J connectivity index is 1.44. The van der Waals surface area contributed by atoms with Crippen molar-refractivity contribution in [1.82, 2.24) is 24.9 Å². The predicted octanol–water partition coefficient (Wildman–Crippen LogP) is 7.93. The fourth-order valence-electron chi connectivity index (χ4n) is 4.15. The van der Waals surface area contributed by atoms with Crippen molar-refractivity contribution in [3.8, 4) is 11.4 Å². The van der Waals surface area contributed by atoms with E-state index in [1.807, 2.05) is 54.6 Å². The minimum atomic E-state index is 0.315. The molecule has 6 aromatic rings. The Bertz CT molecular complexity index is 1780. The molecule has 38 heavy (non-hydrogen) atoms. The number of anilines is 3. The number of nitrogen functional groups attached to an aromatic ring is 1. The summed E-state index contributed by atoms with van der Waals surface area (Å²) in [6.45, 7) is 4.24. The molecular weight excluding hydrogens is 558 g/mol. The molecule has 6 rings (SSSR count). The van der Waals surface area contributed by atoms with Gasteiger partial charge in [0.05, 0.1) is 22.1 Å². The third-order valence-electron chi connectivity index (χ3n) is 6.17. The number of fused-ring (bicyclic) bond motifs is 2. The molecule has 0 bridgehead atoms. The summed E-state index contributed by atoms with van der Waals surface area (Å²) < 4.78 is 1.00. The van der Waals surface area contributed by atoms with Gasteiger partial charge in [-0.05, 0) is 78.7 Å². The quantitative estimate of drug-likeness (QED) is 0.171. The Labute approximate surface area is 232 Å². The SMILES string of the molecule is CC(C)c1ccc2c(Nc3cc(-c4nc5ccc(Br)cc5[nH]4)ccc3Sc3ccc(N)cc3)ncnc2n1. The topological polar surface area (TPSA) is 105 Å². The van der Waals surface area contributed by atoms with Crippen molar-refractivity contribution in [3.63, 3.8) is 0 Å². The molecule has 0 amide bonds. The second-order valence-electron chi connectivity index (χ2n) is 9.24. The van der Waals surface area contributed by atoms with Crippen LogP contribution in [0.25, 0.3) is 33.5 Å². The number of nitrogens with zero attached hydrogens (tertiary/aromatic N) is 4. The van der Waals surface area contributed by atoms with Gasteiger partial charge in [-0.25, -0.2) is 19.9 Å². The number of benzene rings is 3. The number of halogens is 1. The van der Waals surface area contributed by atoms with E-state index in [0.717, 1.165) is 59.1 Å². The third kappa shape index (κ3) is 4.94. The summed E-state index contributed by atoms with van der Waals surface area (Å²) in [5.41, 5.74) is 12.0. The maximum Gasteiger partial charge on any atom is 0.164 e. The summed E-state index contributed by atoms with van der Waals surface area (Å²) >= 11 is 5.19. The number of hydrogen-bond acceptors (Lipinski definition) is 7. The zero-order valence-corrected chi connectivity index (χ0v) is 23.1. The zero-order valence-electron chi connectivity index (χ0n) is 20.7. The minimum Gasteiger partial charge on any atom is -0.399 e. The average Bonchev–Trinajstić information content (AvgIpc) is 3.34. The van der Waals surface area contributed by atoms with Gasteiger partial charge < -0.3 is 16.0 Å². The Morgan fingerprint density at radius 1 is 0.921 bits per heavy atom. The molecule has 0 atom stereocenters. The van der Waals surface area contributed by atoms with E-state index in [9.17, 15) is 0 Å². The van der Waals surface area contributed by atoms with Crippen molar-refractivity contribution >= 4 is 67.0 Å². The molecule has 0 aliphatic carbocycles. The van der Waals surface area contributed by atoms with Gasteiger partial charge >= 0.3 is 0 Å². The van der Waals surface area contributed by atoms with Gasteiger partial charge in [-0.2, -0.15) is 0 Å². The molecule has 3 aromatic heterocycles. The standard InChI is InChI=1S/C29H24BrN7S/c1-16(2)22-11-9-21-28(34-22)32-15-33-29(21)37-25-13-17(27-35-23-10-4-18(30)14-24(23)36-27)3-12-26(25)38-20-7-5-19(31)6-8-20/h3-16H,31H2,1-2H3,(H,35,36)(H,32,33,34,37). The summed E-state index contributed by atoms with van der Waals surface area (Å²) in [6.07, 6.45) is 1.55. The summed E-state index contributed by atoms with van der Waals surface area (Å²) in [5.74, 6) is 1.80. The van der Waals surface area contributed by atoms with Gasteiger partial charge in [0.25, 0.3) is 0 Å². The van der Waals surface area contributed by atoms with Crippen LogP contribution < -0.4 is 11.1 Å². The summed E-state index contributed by atoms with van der Waals surface area (Å²) in [7, 11) is 0. The number of hydrogen-bond donors (Lipinski definition) is 3. The summed E-state index contributed by atoms with van der Waals surface area (Å²) in [4.78, 5) is 24.1.